The van der Waals surface area contributed by atoms with Gasteiger partial charge in [-0.05, 0) is 41.3 Å². The highest BCUT2D eigenvalue weighted by Gasteiger charge is 2.44. The number of rotatable bonds is 6. The lowest BCUT2D eigenvalue weighted by Gasteiger charge is -2.45. The smallest absolute Gasteiger partial charge is 0.306 e. The summed E-state index contributed by atoms with van der Waals surface area (Å²) in [7, 11) is 0. The number of amides is 1. The van der Waals surface area contributed by atoms with Gasteiger partial charge in [-0.2, -0.15) is 0 Å². The van der Waals surface area contributed by atoms with Crippen LogP contribution in [-0.4, -0.2) is 34.5 Å². The Hall–Kier alpha value is -2.08. The summed E-state index contributed by atoms with van der Waals surface area (Å²) in [5, 5.41) is 10.4. The fourth-order valence-corrected chi connectivity index (χ4v) is 3.97. The number of carboxylic acids is 1. The van der Waals surface area contributed by atoms with Gasteiger partial charge < -0.3 is 14.7 Å². The van der Waals surface area contributed by atoms with E-state index in [0.717, 1.165) is 11.1 Å². The first-order valence-electron chi connectivity index (χ1n) is 9.45. The molecule has 1 aliphatic rings. The van der Waals surface area contributed by atoms with Gasteiger partial charge in [0.1, 0.15) is 12.2 Å². The van der Waals surface area contributed by atoms with E-state index in [9.17, 15) is 14.7 Å². The monoisotopic (exact) mass is 435 g/mol. The topological polar surface area (TPSA) is 66.8 Å². The molecule has 2 aromatic carbocycles. The molecule has 1 saturated heterocycles. The molecular weight excluding hydrogens is 413 g/mol. The molecule has 0 aromatic heterocycles. The summed E-state index contributed by atoms with van der Waals surface area (Å²) in [6.45, 7) is 4.51. The van der Waals surface area contributed by atoms with E-state index < -0.39 is 30.6 Å². The maximum Gasteiger partial charge on any atom is 0.306 e. The minimum absolute atomic E-state index is 0.192. The second-order valence-electron chi connectivity index (χ2n) is 7.58. The zero-order valence-electron chi connectivity index (χ0n) is 16.2. The van der Waals surface area contributed by atoms with Gasteiger partial charge in [0.25, 0.3) is 5.91 Å². The number of aliphatic carboxylic acids is 1. The van der Waals surface area contributed by atoms with Crippen LogP contribution in [0.4, 0.5) is 0 Å². The van der Waals surface area contributed by atoms with Gasteiger partial charge in [0.05, 0.1) is 12.5 Å². The molecule has 0 radical (unpaired) electrons. The van der Waals surface area contributed by atoms with Crippen molar-refractivity contribution >= 4 is 35.1 Å². The summed E-state index contributed by atoms with van der Waals surface area (Å²) in [5.74, 6) is -1.21. The summed E-state index contributed by atoms with van der Waals surface area (Å²) >= 11 is 12.3. The van der Waals surface area contributed by atoms with Gasteiger partial charge in [-0.3, -0.25) is 9.59 Å². The number of hydrogen-bond donors (Lipinski definition) is 1. The van der Waals surface area contributed by atoms with Crippen molar-refractivity contribution in [2.45, 2.75) is 38.5 Å². The van der Waals surface area contributed by atoms with Crippen LogP contribution < -0.4 is 0 Å². The number of benzene rings is 2. The molecule has 1 aliphatic heterocycles. The second-order valence-corrected chi connectivity index (χ2v) is 8.45. The second kappa shape index (κ2) is 9.16. The molecule has 0 bridgehead atoms. The summed E-state index contributed by atoms with van der Waals surface area (Å²) in [5.41, 5.74) is 1.65. The van der Waals surface area contributed by atoms with Crippen LogP contribution in [0.3, 0.4) is 0 Å². The van der Waals surface area contributed by atoms with Crippen molar-refractivity contribution in [3.8, 4) is 0 Å². The number of hydrogen-bond acceptors (Lipinski definition) is 3. The molecule has 1 N–H and O–H groups in total. The van der Waals surface area contributed by atoms with Crippen molar-refractivity contribution in [2.75, 3.05) is 6.54 Å². The molecule has 3 atom stereocenters. The van der Waals surface area contributed by atoms with Gasteiger partial charge >= 0.3 is 5.97 Å². The third-order valence-electron chi connectivity index (χ3n) is 4.80. The molecule has 1 heterocycles. The SMILES string of the molecule is CC(C)CN1C(=O)[C@@H](CC(=O)O)O[C@H](c2cccc(Cl)c2)[C@@H]1c1ccc(Cl)cc1. The maximum absolute atomic E-state index is 13.2. The molecule has 154 valence electrons. The Morgan fingerprint density at radius 3 is 2.38 bits per heavy atom. The lowest BCUT2D eigenvalue weighted by Crippen LogP contribution is -2.52. The highest BCUT2D eigenvalue weighted by Crippen LogP contribution is 2.43. The maximum atomic E-state index is 13.2. The molecular formula is C22H23Cl2NO4. The van der Waals surface area contributed by atoms with Crippen molar-refractivity contribution < 1.29 is 19.4 Å². The summed E-state index contributed by atoms with van der Waals surface area (Å²) < 4.78 is 6.10. The van der Waals surface area contributed by atoms with Crippen LogP contribution in [0.2, 0.25) is 10.0 Å². The van der Waals surface area contributed by atoms with Crippen LogP contribution in [0, 0.1) is 5.92 Å². The van der Waals surface area contributed by atoms with Crippen molar-refractivity contribution in [2.24, 2.45) is 5.92 Å². The summed E-state index contributed by atoms with van der Waals surface area (Å²) in [6.07, 6.45) is -2.01. The molecule has 1 amide bonds. The molecule has 0 unspecified atom stereocenters. The number of nitrogens with zero attached hydrogens (tertiary/aromatic N) is 1. The van der Waals surface area contributed by atoms with E-state index in [1.807, 2.05) is 38.1 Å². The zero-order chi connectivity index (χ0) is 21.1. The number of morpholine rings is 1. The molecule has 5 nitrogen and oxygen atoms in total. The Labute approximate surface area is 180 Å². The lowest BCUT2D eigenvalue weighted by molar-refractivity contribution is -0.179. The quantitative estimate of drug-likeness (QED) is 0.682. The summed E-state index contributed by atoms with van der Waals surface area (Å²) in [4.78, 5) is 26.3. The van der Waals surface area contributed by atoms with Crippen LogP contribution in [0.1, 0.15) is 43.5 Å². The van der Waals surface area contributed by atoms with Crippen molar-refractivity contribution in [3.63, 3.8) is 0 Å². The molecule has 7 heteroatoms. The van der Waals surface area contributed by atoms with Crippen molar-refractivity contribution in [1.82, 2.24) is 4.90 Å². The lowest BCUT2D eigenvalue weighted by atomic mass is 9.90. The molecule has 0 saturated carbocycles. The van der Waals surface area contributed by atoms with Crippen LogP contribution in [0.5, 0.6) is 0 Å². The van der Waals surface area contributed by atoms with Crippen LogP contribution in [-0.2, 0) is 14.3 Å². The molecule has 3 rings (SSSR count). The highest BCUT2D eigenvalue weighted by molar-refractivity contribution is 6.30. The normalized spacial score (nSPS) is 22.2. The van der Waals surface area contributed by atoms with E-state index in [1.54, 1.807) is 29.2 Å². The Morgan fingerprint density at radius 2 is 1.79 bits per heavy atom. The predicted octanol–water partition coefficient (Wildman–Crippen LogP) is 5.13. The number of halogens is 2. The van der Waals surface area contributed by atoms with Gasteiger partial charge in [0.15, 0.2) is 0 Å². The standard InChI is InChI=1S/C22H23Cl2NO4/c1-13(2)12-25-20(14-6-8-16(23)9-7-14)21(15-4-3-5-17(24)10-15)29-18(22(25)28)11-19(26)27/h3-10,13,18,20-21H,11-12H2,1-2H3,(H,26,27)/t18-,20+,21-/m1/s1. The fraction of sp³-hybridized carbons (Fsp3) is 0.364. The van der Waals surface area contributed by atoms with Crippen molar-refractivity contribution in [1.29, 1.82) is 0 Å². The number of carboxylic acid groups (broad SMARTS) is 1. The first kappa shape index (κ1) is 21.6. The third kappa shape index (κ3) is 5.10. The van der Waals surface area contributed by atoms with Gasteiger partial charge in [-0.25, -0.2) is 0 Å². The Kier molecular flexibility index (Phi) is 6.83. The van der Waals surface area contributed by atoms with Gasteiger partial charge in [0, 0.05) is 16.6 Å². The van der Waals surface area contributed by atoms with E-state index in [1.165, 1.54) is 0 Å². The van der Waals surface area contributed by atoms with E-state index in [4.69, 9.17) is 27.9 Å². The van der Waals surface area contributed by atoms with Crippen LogP contribution >= 0.6 is 23.2 Å². The van der Waals surface area contributed by atoms with E-state index in [-0.39, 0.29) is 11.8 Å². The predicted molar refractivity (Wildman–Crippen MR) is 112 cm³/mol. The number of carbonyl (C=O) groups excluding carboxylic acids is 1. The highest BCUT2D eigenvalue weighted by atomic mass is 35.5. The average molecular weight is 436 g/mol. The summed E-state index contributed by atoms with van der Waals surface area (Å²) in [6, 6.07) is 14.1. The Bertz CT molecular complexity index is 885. The van der Waals surface area contributed by atoms with Gasteiger partial charge in [-0.1, -0.05) is 61.3 Å². The van der Waals surface area contributed by atoms with Crippen LogP contribution in [0.25, 0.3) is 0 Å². The molecule has 0 aliphatic carbocycles. The molecule has 29 heavy (non-hydrogen) atoms. The Balaban J connectivity index is 2.11. The van der Waals surface area contributed by atoms with Crippen molar-refractivity contribution in [3.05, 3.63) is 69.7 Å². The zero-order valence-corrected chi connectivity index (χ0v) is 17.7. The number of ether oxygens (including phenoxy) is 1. The largest absolute Gasteiger partial charge is 0.481 e. The van der Waals surface area contributed by atoms with E-state index in [0.29, 0.717) is 16.6 Å². The Morgan fingerprint density at radius 1 is 1.10 bits per heavy atom. The first-order valence-corrected chi connectivity index (χ1v) is 10.2. The van der Waals surface area contributed by atoms with E-state index >= 15 is 0 Å². The average Bonchev–Trinajstić information content (AvgIpc) is 2.65. The molecule has 1 fully saturated rings. The van der Waals surface area contributed by atoms with Gasteiger partial charge in [0.2, 0.25) is 0 Å². The minimum Gasteiger partial charge on any atom is -0.481 e. The fourth-order valence-electron chi connectivity index (χ4n) is 3.65. The molecule has 2 aromatic rings. The first-order chi connectivity index (χ1) is 13.8. The third-order valence-corrected chi connectivity index (χ3v) is 5.29. The molecule has 0 spiro atoms. The van der Waals surface area contributed by atoms with Crippen LogP contribution in [0.15, 0.2) is 48.5 Å². The van der Waals surface area contributed by atoms with Gasteiger partial charge in [-0.15, -0.1) is 0 Å². The van der Waals surface area contributed by atoms with E-state index in [2.05, 4.69) is 0 Å². The minimum atomic E-state index is -1.08. The number of carbonyl (C=O) groups is 2.